The molecule has 2 heterocycles. The Labute approximate surface area is 82.2 Å². The molecule has 0 unspecified atom stereocenters. The Hall–Kier alpha value is -2.02. The van der Waals surface area contributed by atoms with Gasteiger partial charge in [-0.3, -0.25) is 4.68 Å². The van der Waals surface area contributed by atoms with Gasteiger partial charge in [0, 0.05) is 19.4 Å². The van der Waals surface area contributed by atoms with E-state index in [4.69, 9.17) is 0 Å². The Kier molecular flexibility index (Phi) is 2.32. The molecule has 0 aliphatic rings. The zero-order valence-electron chi connectivity index (χ0n) is 7.88. The van der Waals surface area contributed by atoms with Gasteiger partial charge < -0.3 is 4.57 Å². The minimum absolute atomic E-state index is 0.609. The van der Waals surface area contributed by atoms with E-state index >= 15 is 0 Å². The molecule has 0 N–H and O–H groups in total. The second kappa shape index (κ2) is 3.79. The van der Waals surface area contributed by atoms with E-state index in [0.717, 1.165) is 5.69 Å². The lowest BCUT2D eigenvalue weighted by atomic mass is 10.4. The molecular formula is C10H10N4. The lowest BCUT2D eigenvalue weighted by Gasteiger charge is -1.91. The Bertz CT molecular complexity index is 456. The standard InChI is InChI=1S/C10H10N4/c1-13-9-11-8-10(13)4-2-6-14-7-3-5-12-14/h3,5,7-9H,6H2,1H3. The summed E-state index contributed by atoms with van der Waals surface area (Å²) in [6.45, 7) is 0.609. The smallest absolute Gasteiger partial charge is 0.111 e. The summed E-state index contributed by atoms with van der Waals surface area (Å²) in [6.07, 6.45) is 7.11. The van der Waals surface area contributed by atoms with Crippen LogP contribution >= 0.6 is 0 Å². The highest BCUT2D eigenvalue weighted by atomic mass is 15.3. The first kappa shape index (κ1) is 8.57. The fourth-order valence-electron chi connectivity index (χ4n) is 1.08. The van der Waals surface area contributed by atoms with E-state index in [-0.39, 0.29) is 0 Å². The number of hydrogen-bond donors (Lipinski definition) is 0. The molecule has 2 rings (SSSR count). The van der Waals surface area contributed by atoms with E-state index in [1.807, 2.05) is 23.9 Å². The zero-order valence-corrected chi connectivity index (χ0v) is 7.88. The molecule has 0 aromatic carbocycles. The number of aryl methyl sites for hydroxylation is 1. The van der Waals surface area contributed by atoms with E-state index in [0.29, 0.717) is 6.54 Å². The Balaban J connectivity index is 2.05. The van der Waals surface area contributed by atoms with Crippen molar-refractivity contribution in [3.8, 4) is 11.8 Å². The summed E-state index contributed by atoms with van der Waals surface area (Å²) in [7, 11) is 1.92. The fourth-order valence-corrected chi connectivity index (χ4v) is 1.08. The van der Waals surface area contributed by atoms with Crippen LogP contribution in [0.15, 0.2) is 31.0 Å². The molecule has 70 valence electrons. The van der Waals surface area contributed by atoms with Crippen molar-refractivity contribution in [1.82, 2.24) is 19.3 Å². The van der Waals surface area contributed by atoms with Crippen molar-refractivity contribution in [2.75, 3.05) is 0 Å². The Morgan fingerprint density at radius 1 is 1.50 bits per heavy atom. The molecule has 2 aromatic heterocycles. The van der Waals surface area contributed by atoms with E-state index in [2.05, 4.69) is 21.9 Å². The summed E-state index contributed by atoms with van der Waals surface area (Å²) in [5.74, 6) is 6.04. The van der Waals surface area contributed by atoms with E-state index in [9.17, 15) is 0 Å². The number of rotatable bonds is 1. The molecule has 2 aromatic rings. The zero-order chi connectivity index (χ0) is 9.80. The third kappa shape index (κ3) is 1.83. The summed E-state index contributed by atoms with van der Waals surface area (Å²) in [6, 6.07) is 1.88. The van der Waals surface area contributed by atoms with Crippen LogP contribution in [-0.2, 0) is 13.6 Å². The topological polar surface area (TPSA) is 35.6 Å². The third-order valence-electron chi connectivity index (χ3n) is 1.83. The van der Waals surface area contributed by atoms with Crippen LogP contribution < -0.4 is 0 Å². The van der Waals surface area contributed by atoms with Crippen molar-refractivity contribution in [2.45, 2.75) is 6.54 Å². The third-order valence-corrected chi connectivity index (χ3v) is 1.83. The van der Waals surface area contributed by atoms with E-state index in [1.54, 1.807) is 23.4 Å². The highest BCUT2D eigenvalue weighted by molar-refractivity contribution is 5.25. The number of nitrogens with zero attached hydrogens (tertiary/aromatic N) is 4. The molecule has 4 nitrogen and oxygen atoms in total. The van der Waals surface area contributed by atoms with Crippen LogP contribution in [0.4, 0.5) is 0 Å². The molecule has 0 saturated heterocycles. The van der Waals surface area contributed by atoms with Crippen LogP contribution in [0.25, 0.3) is 0 Å². The first-order valence-corrected chi connectivity index (χ1v) is 4.29. The minimum Gasteiger partial charge on any atom is -0.327 e. The van der Waals surface area contributed by atoms with Crippen molar-refractivity contribution in [3.05, 3.63) is 36.7 Å². The predicted molar refractivity (Wildman–Crippen MR) is 52.3 cm³/mol. The molecule has 0 atom stereocenters. The van der Waals surface area contributed by atoms with Gasteiger partial charge in [-0.2, -0.15) is 5.10 Å². The van der Waals surface area contributed by atoms with Crippen LogP contribution in [0.1, 0.15) is 5.69 Å². The van der Waals surface area contributed by atoms with Gasteiger partial charge in [0.05, 0.1) is 12.5 Å². The van der Waals surface area contributed by atoms with Crippen LogP contribution in [-0.4, -0.2) is 19.3 Å². The van der Waals surface area contributed by atoms with Crippen LogP contribution in [0.5, 0.6) is 0 Å². The largest absolute Gasteiger partial charge is 0.327 e. The lowest BCUT2D eigenvalue weighted by Crippen LogP contribution is -1.95. The summed E-state index contributed by atoms with van der Waals surface area (Å²) in [5.41, 5.74) is 0.914. The number of imidazole rings is 1. The maximum Gasteiger partial charge on any atom is 0.111 e. The second-order valence-electron chi connectivity index (χ2n) is 2.90. The summed E-state index contributed by atoms with van der Waals surface area (Å²) in [5, 5.41) is 4.05. The van der Waals surface area contributed by atoms with Crippen molar-refractivity contribution in [3.63, 3.8) is 0 Å². The molecule has 0 amide bonds. The lowest BCUT2D eigenvalue weighted by molar-refractivity contribution is 0.715. The van der Waals surface area contributed by atoms with Crippen molar-refractivity contribution >= 4 is 0 Å². The second-order valence-corrected chi connectivity index (χ2v) is 2.90. The predicted octanol–water partition coefficient (Wildman–Crippen LogP) is 0.668. The Morgan fingerprint density at radius 2 is 2.43 bits per heavy atom. The fraction of sp³-hybridized carbons (Fsp3) is 0.200. The Morgan fingerprint density at radius 3 is 3.07 bits per heavy atom. The summed E-state index contributed by atoms with van der Waals surface area (Å²) < 4.78 is 3.67. The molecule has 0 radical (unpaired) electrons. The first-order chi connectivity index (χ1) is 6.86. The molecule has 0 spiro atoms. The highest BCUT2D eigenvalue weighted by Crippen LogP contribution is 1.92. The van der Waals surface area contributed by atoms with Gasteiger partial charge in [0.15, 0.2) is 0 Å². The molecule has 0 aliphatic heterocycles. The number of hydrogen-bond acceptors (Lipinski definition) is 2. The maximum atomic E-state index is 4.05. The minimum atomic E-state index is 0.609. The normalized spacial score (nSPS) is 9.50. The quantitative estimate of drug-likeness (QED) is 0.613. The van der Waals surface area contributed by atoms with Gasteiger partial charge in [-0.05, 0) is 12.0 Å². The first-order valence-electron chi connectivity index (χ1n) is 4.29. The summed E-state index contributed by atoms with van der Waals surface area (Å²) in [4.78, 5) is 3.98. The molecular weight excluding hydrogens is 176 g/mol. The van der Waals surface area contributed by atoms with Gasteiger partial charge in [-0.1, -0.05) is 5.92 Å². The molecule has 14 heavy (non-hydrogen) atoms. The van der Waals surface area contributed by atoms with Gasteiger partial charge in [-0.15, -0.1) is 0 Å². The van der Waals surface area contributed by atoms with Gasteiger partial charge in [0.1, 0.15) is 12.2 Å². The van der Waals surface area contributed by atoms with Gasteiger partial charge in [-0.25, -0.2) is 4.98 Å². The molecule has 0 aliphatic carbocycles. The molecule has 0 saturated carbocycles. The van der Waals surface area contributed by atoms with Gasteiger partial charge in [0.25, 0.3) is 0 Å². The van der Waals surface area contributed by atoms with Crippen molar-refractivity contribution < 1.29 is 0 Å². The van der Waals surface area contributed by atoms with Gasteiger partial charge in [0.2, 0.25) is 0 Å². The highest BCUT2D eigenvalue weighted by Gasteiger charge is 1.90. The maximum absolute atomic E-state index is 4.05. The van der Waals surface area contributed by atoms with Crippen LogP contribution in [0, 0.1) is 11.8 Å². The SMILES string of the molecule is Cn1cncc1C#CCn1cccn1. The average Bonchev–Trinajstić information content (AvgIpc) is 2.78. The molecule has 4 heteroatoms. The van der Waals surface area contributed by atoms with E-state index in [1.165, 1.54) is 0 Å². The van der Waals surface area contributed by atoms with Crippen molar-refractivity contribution in [2.24, 2.45) is 7.05 Å². The van der Waals surface area contributed by atoms with Crippen molar-refractivity contribution in [1.29, 1.82) is 0 Å². The van der Waals surface area contributed by atoms with E-state index < -0.39 is 0 Å². The monoisotopic (exact) mass is 186 g/mol. The summed E-state index contributed by atoms with van der Waals surface area (Å²) >= 11 is 0. The average molecular weight is 186 g/mol. The van der Waals surface area contributed by atoms with Crippen LogP contribution in [0.2, 0.25) is 0 Å². The van der Waals surface area contributed by atoms with Crippen LogP contribution in [0.3, 0.4) is 0 Å². The number of aromatic nitrogens is 4. The molecule has 0 fully saturated rings. The van der Waals surface area contributed by atoms with Gasteiger partial charge >= 0.3 is 0 Å². The molecule has 0 bridgehead atoms.